The molecule has 1 fully saturated rings. The number of amides is 1. The van der Waals surface area contributed by atoms with E-state index in [0.29, 0.717) is 5.02 Å². The van der Waals surface area contributed by atoms with Gasteiger partial charge in [0.15, 0.2) is 6.10 Å². The standard InChI is InChI=1S/C13H13Cl2NO3/c1-7(12(17)16-9-3-4-9)19-13(18)10-5-2-8(14)6-11(10)15/h2,5-7,9H,3-4H2,1H3,(H,16,17)/t7-/m0/s1. The van der Waals surface area contributed by atoms with E-state index in [-0.39, 0.29) is 22.5 Å². The molecule has 0 aromatic heterocycles. The minimum Gasteiger partial charge on any atom is -0.449 e. The molecule has 0 bridgehead atoms. The molecule has 1 aliphatic carbocycles. The van der Waals surface area contributed by atoms with Crippen molar-refractivity contribution in [2.75, 3.05) is 0 Å². The van der Waals surface area contributed by atoms with Crippen LogP contribution in [0.5, 0.6) is 0 Å². The Labute approximate surface area is 121 Å². The molecule has 1 aromatic rings. The highest BCUT2D eigenvalue weighted by Crippen LogP contribution is 2.22. The van der Waals surface area contributed by atoms with Crippen molar-refractivity contribution in [3.63, 3.8) is 0 Å². The smallest absolute Gasteiger partial charge is 0.340 e. The summed E-state index contributed by atoms with van der Waals surface area (Å²) < 4.78 is 5.07. The third-order valence-electron chi connectivity index (χ3n) is 2.73. The van der Waals surface area contributed by atoms with Gasteiger partial charge in [-0.15, -0.1) is 0 Å². The van der Waals surface area contributed by atoms with Gasteiger partial charge in [-0.2, -0.15) is 0 Å². The molecule has 0 radical (unpaired) electrons. The van der Waals surface area contributed by atoms with E-state index in [0.717, 1.165) is 12.8 Å². The summed E-state index contributed by atoms with van der Waals surface area (Å²) >= 11 is 11.6. The van der Waals surface area contributed by atoms with Crippen molar-refractivity contribution in [2.45, 2.75) is 31.9 Å². The molecule has 1 saturated carbocycles. The molecular weight excluding hydrogens is 289 g/mol. The van der Waals surface area contributed by atoms with Gasteiger partial charge in [-0.3, -0.25) is 4.79 Å². The Kier molecular flexibility index (Phi) is 4.32. The van der Waals surface area contributed by atoms with Crippen molar-refractivity contribution in [3.8, 4) is 0 Å². The number of ether oxygens (including phenoxy) is 1. The first-order valence-corrected chi connectivity index (χ1v) is 6.69. The van der Waals surface area contributed by atoms with Crippen LogP contribution in [-0.2, 0) is 9.53 Å². The van der Waals surface area contributed by atoms with Crippen LogP contribution in [0.2, 0.25) is 10.0 Å². The fourth-order valence-electron chi connectivity index (χ4n) is 1.48. The summed E-state index contributed by atoms with van der Waals surface area (Å²) in [6.07, 6.45) is 1.12. The monoisotopic (exact) mass is 301 g/mol. The molecule has 1 atom stereocenters. The summed E-state index contributed by atoms with van der Waals surface area (Å²) in [5, 5.41) is 3.40. The van der Waals surface area contributed by atoms with Gasteiger partial charge in [0.2, 0.25) is 0 Å². The molecule has 2 rings (SSSR count). The molecule has 1 aliphatic rings. The van der Waals surface area contributed by atoms with E-state index in [4.69, 9.17) is 27.9 Å². The Morgan fingerprint density at radius 1 is 1.37 bits per heavy atom. The summed E-state index contributed by atoms with van der Waals surface area (Å²) in [4.78, 5) is 23.5. The summed E-state index contributed by atoms with van der Waals surface area (Å²) in [6, 6.07) is 4.69. The topological polar surface area (TPSA) is 55.4 Å². The third-order valence-corrected chi connectivity index (χ3v) is 3.28. The van der Waals surface area contributed by atoms with Gasteiger partial charge in [0.25, 0.3) is 5.91 Å². The quantitative estimate of drug-likeness (QED) is 0.870. The highest BCUT2D eigenvalue weighted by atomic mass is 35.5. The zero-order valence-corrected chi connectivity index (χ0v) is 11.8. The normalized spacial score (nSPS) is 15.7. The Morgan fingerprint density at radius 3 is 2.63 bits per heavy atom. The van der Waals surface area contributed by atoms with Crippen LogP contribution >= 0.6 is 23.2 Å². The molecule has 0 aliphatic heterocycles. The van der Waals surface area contributed by atoms with Gasteiger partial charge < -0.3 is 10.1 Å². The maximum absolute atomic E-state index is 11.9. The number of carbonyl (C=O) groups is 2. The third kappa shape index (κ3) is 3.85. The summed E-state index contributed by atoms with van der Waals surface area (Å²) in [7, 11) is 0. The van der Waals surface area contributed by atoms with Crippen molar-refractivity contribution < 1.29 is 14.3 Å². The van der Waals surface area contributed by atoms with Crippen molar-refractivity contribution >= 4 is 35.1 Å². The van der Waals surface area contributed by atoms with E-state index >= 15 is 0 Å². The van der Waals surface area contributed by atoms with Crippen LogP contribution in [0.1, 0.15) is 30.1 Å². The summed E-state index contributed by atoms with van der Waals surface area (Å²) in [6.45, 7) is 1.53. The maximum Gasteiger partial charge on any atom is 0.340 e. The van der Waals surface area contributed by atoms with E-state index in [1.807, 2.05) is 0 Å². The van der Waals surface area contributed by atoms with Gasteiger partial charge in [0.1, 0.15) is 0 Å². The SMILES string of the molecule is C[C@H](OC(=O)c1ccc(Cl)cc1Cl)C(=O)NC1CC1. The van der Waals surface area contributed by atoms with Gasteiger partial charge in [-0.1, -0.05) is 23.2 Å². The highest BCUT2D eigenvalue weighted by Gasteiger charge is 2.27. The Hall–Kier alpha value is -1.26. The lowest BCUT2D eigenvalue weighted by atomic mass is 10.2. The van der Waals surface area contributed by atoms with E-state index in [1.54, 1.807) is 6.07 Å². The predicted molar refractivity (Wildman–Crippen MR) is 72.5 cm³/mol. The van der Waals surface area contributed by atoms with Gasteiger partial charge >= 0.3 is 5.97 Å². The molecule has 102 valence electrons. The molecule has 1 aromatic carbocycles. The molecule has 1 amide bonds. The van der Waals surface area contributed by atoms with Crippen LogP contribution in [0, 0.1) is 0 Å². The molecule has 19 heavy (non-hydrogen) atoms. The number of carbonyl (C=O) groups excluding carboxylic acids is 2. The molecule has 0 unspecified atom stereocenters. The van der Waals surface area contributed by atoms with E-state index < -0.39 is 12.1 Å². The largest absolute Gasteiger partial charge is 0.449 e. The number of benzene rings is 1. The number of rotatable bonds is 4. The fourth-order valence-corrected chi connectivity index (χ4v) is 1.96. The van der Waals surface area contributed by atoms with Crippen molar-refractivity contribution in [3.05, 3.63) is 33.8 Å². The van der Waals surface area contributed by atoms with Crippen molar-refractivity contribution in [1.82, 2.24) is 5.32 Å². The number of nitrogens with one attached hydrogen (secondary N) is 1. The van der Waals surface area contributed by atoms with Crippen LogP contribution in [0.15, 0.2) is 18.2 Å². The average Bonchev–Trinajstić information content (AvgIpc) is 3.12. The van der Waals surface area contributed by atoms with E-state index in [1.165, 1.54) is 19.1 Å². The summed E-state index contributed by atoms with van der Waals surface area (Å²) in [5.41, 5.74) is 0.192. The lowest BCUT2D eigenvalue weighted by Gasteiger charge is -2.13. The summed E-state index contributed by atoms with van der Waals surface area (Å²) in [5.74, 6) is -0.930. The van der Waals surface area contributed by atoms with Crippen LogP contribution in [0.3, 0.4) is 0 Å². The van der Waals surface area contributed by atoms with Crippen LogP contribution in [0.25, 0.3) is 0 Å². The van der Waals surface area contributed by atoms with Crippen molar-refractivity contribution in [2.24, 2.45) is 0 Å². The molecule has 4 nitrogen and oxygen atoms in total. The van der Waals surface area contributed by atoms with E-state index in [9.17, 15) is 9.59 Å². The predicted octanol–water partition coefficient (Wildman–Crippen LogP) is 2.82. The van der Waals surface area contributed by atoms with Crippen LogP contribution in [-0.4, -0.2) is 24.0 Å². The molecule has 0 spiro atoms. The first-order chi connectivity index (χ1) is 8.97. The Morgan fingerprint density at radius 2 is 2.05 bits per heavy atom. The molecule has 0 heterocycles. The lowest BCUT2D eigenvalue weighted by Crippen LogP contribution is -2.37. The van der Waals surface area contributed by atoms with Gasteiger partial charge in [0, 0.05) is 11.1 Å². The number of esters is 1. The molecular formula is C13H13Cl2NO3. The Balaban J connectivity index is 1.97. The Bertz CT molecular complexity index is 515. The zero-order valence-electron chi connectivity index (χ0n) is 10.3. The number of hydrogen-bond donors (Lipinski definition) is 1. The second-order valence-corrected chi connectivity index (χ2v) is 5.30. The average molecular weight is 302 g/mol. The number of halogens is 2. The minimum atomic E-state index is -0.847. The van der Waals surface area contributed by atoms with Gasteiger partial charge in [-0.25, -0.2) is 4.79 Å². The number of hydrogen-bond acceptors (Lipinski definition) is 3. The van der Waals surface area contributed by atoms with Crippen molar-refractivity contribution in [1.29, 1.82) is 0 Å². The van der Waals surface area contributed by atoms with Crippen LogP contribution < -0.4 is 5.32 Å². The highest BCUT2D eigenvalue weighted by molar-refractivity contribution is 6.36. The van der Waals surface area contributed by atoms with Gasteiger partial charge in [0.05, 0.1) is 10.6 Å². The maximum atomic E-state index is 11.9. The first kappa shape index (κ1) is 14.2. The van der Waals surface area contributed by atoms with E-state index in [2.05, 4.69) is 5.32 Å². The second kappa shape index (κ2) is 5.80. The molecule has 6 heteroatoms. The second-order valence-electron chi connectivity index (χ2n) is 4.45. The fraction of sp³-hybridized carbons (Fsp3) is 0.385. The van der Waals surface area contributed by atoms with Crippen LogP contribution in [0.4, 0.5) is 0 Å². The molecule has 1 N–H and O–H groups in total. The molecule has 0 saturated heterocycles. The first-order valence-electron chi connectivity index (χ1n) is 5.94. The van der Waals surface area contributed by atoms with Gasteiger partial charge in [-0.05, 0) is 38.0 Å². The lowest BCUT2D eigenvalue weighted by molar-refractivity contribution is -0.129. The minimum absolute atomic E-state index is 0.192. The zero-order chi connectivity index (χ0) is 14.0.